The van der Waals surface area contributed by atoms with Crippen molar-refractivity contribution in [2.45, 2.75) is 107 Å². The first kappa shape index (κ1) is 42.2. The van der Waals surface area contributed by atoms with Gasteiger partial charge in [0.15, 0.2) is 5.78 Å². The number of carbonyl (C=O) groups is 1. The molecule has 3 aromatic carbocycles. The number of carbonyl (C=O) groups excluding carboxylic acids is 1. The van der Waals surface area contributed by atoms with Crippen molar-refractivity contribution in [3.63, 3.8) is 0 Å². The molecule has 0 saturated carbocycles. The number of aryl methyl sites for hydroxylation is 1. The van der Waals surface area contributed by atoms with Gasteiger partial charge in [0.05, 0.1) is 12.0 Å². The summed E-state index contributed by atoms with van der Waals surface area (Å²) in [6.07, 6.45) is 7.77. The Balaban J connectivity index is 0.000000335. The summed E-state index contributed by atoms with van der Waals surface area (Å²) in [4.78, 5) is 18.1. The van der Waals surface area contributed by atoms with Crippen LogP contribution in [0.4, 0.5) is 0 Å². The molecule has 6 aromatic rings. The van der Waals surface area contributed by atoms with Gasteiger partial charge in [-0.25, -0.2) is 0 Å². The number of aliphatic hydroxyl groups is 1. The van der Waals surface area contributed by atoms with Gasteiger partial charge < -0.3 is 9.52 Å². The molecule has 6 heteroatoms. The Labute approximate surface area is 334 Å². The van der Waals surface area contributed by atoms with E-state index < -0.39 is 0 Å². The van der Waals surface area contributed by atoms with Gasteiger partial charge in [-0.1, -0.05) is 110 Å². The molecule has 4 nitrogen and oxygen atoms in total. The zero-order valence-corrected chi connectivity index (χ0v) is 36.4. The Morgan fingerprint density at radius 1 is 0.906 bits per heavy atom. The average Bonchev–Trinajstić information content (AvgIpc) is 3.71. The third kappa shape index (κ3) is 9.57. The number of furan rings is 1. The maximum Gasteiger partial charge on any atom is 0.219 e. The fourth-order valence-electron chi connectivity index (χ4n) is 7.10. The normalized spacial score (nSPS) is 12.2. The summed E-state index contributed by atoms with van der Waals surface area (Å²) in [5.41, 5.74) is 7.60. The van der Waals surface area contributed by atoms with E-state index in [1.807, 2.05) is 45.1 Å². The molecule has 0 aliphatic heterocycles. The smallest absolute Gasteiger partial charge is 0.219 e. The van der Waals surface area contributed by atoms with E-state index in [0.717, 1.165) is 59.7 Å². The van der Waals surface area contributed by atoms with Crippen molar-refractivity contribution in [1.82, 2.24) is 4.98 Å². The van der Waals surface area contributed by atoms with Crippen molar-refractivity contribution >= 4 is 49.1 Å². The van der Waals surface area contributed by atoms with Gasteiger partial charge in [-0.05, 0) is 84.6 Å². The van der Waals surface area contributed by atoms with Crippen LogP contribution >= 0.6 is 11.3 Å². The molecule has 1 N–H and O–H groups in total. The van der Waals surface area contributed by atoms with Gasteiger partial charge in [-0.15, -0.1) is 40.5 Å². The third-order valence-corrected chi connectivity index (χ3v) is 11.6. The molecule has 3 heterocycles. The summed E-state index contributed by atoms with van der Waals surface area (Å²) in [5.74, 6) is 1.20. The molecular weight excluding hydrogens is 851 g/mol. The molecule has 3 aromatic heterocycles. The van der Waals surface area contributed by atoms with Crippen LogP contribution in [0, 0.1) is 30.7 Å². The van der Waals surface area contributed by atoms with E-state index in [1.54, 1.807) is 6.26 Å². The first-order chi connectivity index (χ1) is 24.8. The topological polar surface area (TPSA) is 63.3 Å². The van der Waals surface area contributed by atoms with Crippen molar-refractivity contribution in [3.8, 4) is 22.4 Å². The van der Waals surface area contributed by atoms with Crippen LogP contribution in [-0.4, -0.2) is 15.9 Å². The Bertz CT molecular complexity index is 2190. The number of benzene rings is 3. The van der Waals surface area contributed by atoms with Gasteiger partial charge in [0.1, 0.15) is 0 Å². The number of nitrogens with zero attached hydrogens (tertiary/aromatic N) is 1. The van der Waals surface area contributed by atoms with E-state index in [9.17, 15) is 9.90 Å². The molecule has 0 spiro atoms. The third-order valence-electron chi connectivity index (χ3n) is 10.3. The van der Waals surface area contributed by atoms with E-state index in [-0.39, 0.29) is 48.9 Å². The van der Waals surface area contributed by atoms with Crippen LogP contribution in [0.25, 0.3) is 54.3 Å². The summed E-state index contributed by atoms with van der Waals surface area (Å²) in [7, 11) is 0. The molecule has 0 aliphatic rings. The number of aliphatic hydroxyl groups excluding tert-OH is 1. The molecular formula is C47H56IrNO3S-. The number of thiophene rings is 1. The Kier molecular flexibility index (Phi) is 14.5. The number of hydrogen-bond donors (Lipinski definition) is 1. The van der Waals surface area contributed by atoms with E-state index in [4.69, 9.17) is 9.40 Å². The predicted molar refractivity (Wildman–Crippen MR) is 222 cm³/mol. The standard InChI is InChI=1S/C34H32NOS.C13H24O2.Ir/c1-20(2)15-31-21(3)25-12-11-23(18-32(25)37-31)28-19-30(35-33-27(28)13-14-36-33)24-16-22-9-7-8-10-26(22)29(17-24)34(4,5)6;1-5-10(6-2)12(14)9-13(15)11(7-3)8-4;/h7-14,17-20H,15H2,1-6H3;9-11,14H,5-8H2,1-4H3;/q-1;;/b;12-9-;. The Morgan fingerprint density at radius 2 is 1.58 bits per heavy atom. The van der Waals surface area contributed by atoms with Crippen LogP contribution in [0.5, 0.6) is 0 Å². The second-order valence-corrected chi connectivity index (χ2v) is 16.7. The van der Waals surface area contributed by atoms with Crippen LogP contribution < -0.4 is 0 Å². The predicted octanol–water partition coefficient (Wildman–Crippen LogP) is 14.0. The minimum absolute atomic E-state index is 0. The molecule has 0 atom stereocenters. The van der Waals surface area contributed by atoms with Crippen molar-refractivity contribution in [2.24, 2.45) is 17.8 Å². The Hall–Kier alpha value is -3.57. The van der Waals surface area contributed by atoms with Gasteiger partial charge >= 0.3 is 0 Å². The summed E-state index contributed by atoms with van der Waals surface area (Å²) in [6, 6.07) is 25.5. The molecule has 6 rings (SSSR count). The van der Waals surface area contributed by atoms with E-state index in [1.165, 1.54) is 43.1 Å². The molecule has 53 heavy (non-hydrogen) atoms. The van der Waals surface area contributed by atoms with Crippen LogP contribution in [0.3, 0.4) is 0 Å². The first-order valence-electron chi connectivity index (χ1n) is 19.1. The summed E-state index contributed by atoms with van der Waals surface area (Å²) >= 11 is 1.93. The van der Waals surface area contributed by atoms with E-state index in [2.05, 4.69) is 102 Å². The van der Waals surface area contributed by atoms with Crippen LogP contribution in [0.1, 0.15) is 104 Å². The van der Waals surface area contributed by atoms with Crippen LogP contribution in [0.2, 0.25) is 0 Å². The molecule has 0 aliphatic carbocycles. The SMILES string of the molecule is CCC(CC)C(=O)/C=C(\O)C(CC)CC.Cc1c(CC(C)C)sc2cc(-c3cc(-c4[c-]c5ccccc5c(C(C)(C)C)c4)nc4occc34)ccc12.[Ir]. The fourth-order valence-corrected chi connectivity index (χ4v) is 8.57. The van der Waals surface area contributed by atoms with Gasteiger partial charge in [-0.2, -0.15) is 0 Å². The second kappa shape index (κ2) is 18.2. The fraction of sp³-hybridized carbons (Fsp3) is 0.404. The van der Waals surface area contributed by atoms with Crippen LogP contribution in [0.15, 0.2) is 83.2 Å². The Morgan fingerprint density at radius 3 is 2.23 bits per heavy atom. The monoisotopic (exact) mass is 907 g/mol. The minimum atomic E-state index is -0.00315. The maximum atomic E-state index is 11.7. The van der Waals surface area contributed by atoms with E-state index in [0.29, 0.717) is 11.6 Å². The van der Waals surface area contributed by atoms with Crippen LogP contribution in [-0.2, 0) is 36.7 Å². The molecule has 1 radical (unpaired) electrons. The minimum Gasteiger partial charge on any atom is -0.512 e. The molecule has 0 saturated heterocycles. The van der Waals surface area contributed by atoms with Gasteiger partial charge in [0.25, 0.3) is 0 Å². The maximum absolute atomic E-state index is 11.7. The zero-order valence-electron chi connectivity index (χ0n) is 33.1. The van der Waals surface area contributed by atoms with Gasteiger partial charge in [0, 0.05) is 58.7 Å². The number of aromatic nitrogens is 1. The average molecular weight is 907 g/mol. The molecule has 0 amide bonds. The molecule has 283 valence electrons. The zero-order chi connectivity index (χ0) is 37.7. The summed E-state index contributed by atoms with van der Waals surface area (Å²) in [5, 5.41) is 14.5. The van der Waals surface area contributed by atoms with Gasteiger partial charge in [-0.3, -0.25) is 9.78 Å². The summed E-state index contributed by atoms with van der Waals surface area (Å²) < 4.78 is 7.20. The summed E-state index contributed by atoms with van der Waals surface area (Å²) in [6.45, 7) is 21.7. The van der Waals surface area contributed by atoms with Gasteiger partial charge in [0.2, 0.25) is 5.71 Å². The number of hydrogen-bond acceptors (Lipinski definition) is 5. The number of rotatable bonds is 11. The number of fused-ring (bicyclic) bond motifs is 3. The van der Waals surface area contributed by atoms with Crippen molar-refractivity contribution in [1.29, 1.82) is 0 Å². The number of allylic oxidation sites excluding steroid dienone is 2. The number of ketones is 1. The molecule has 0 bridgehead atoms. The largest absolute Gasteiger partial charge is 0.512 e. The van der Waals surface area contributed by atoms with Crippen molar-refractivity contribution in [2.75, 3.05) is 0 Å². The quantitative estimate of drug-likeness (QED) is 0.0799. The molecule has 0 unspecified atom stereocenters. The van der Waals surface area contributed by atoms with Crippen molar-refractivity contribution in [3.05, 3.63) is 101 Å². The van der Waals surface area contributed by atoms with E-state index >= 15 is 0 Å². The second-order valence-electron chi connectivity index (χ2n) is 15.5. The van der Waals surface area contributed by atoms with Crippen molar-refractivity contribution < 1.29 is 34.4 Å². The first-order valence-corrected chi connectivity index (χ1v) is 19.9. The molecule has 0 fully saturated rings. The number of pyridine rings is 1.